The molecule has 0 saturated carbocycles. The molecule has 1 aromatic carbocycles. The number of hydrogen-bond acceptors (Lipinski definition) is 4. The number of ether oxygens (including phenoxy) is 2. The second kappa shape index (κ2) is 10.1. The van der Waals surface area contributed by atoms with Crippen molar-refractivity contribution in [3.05, 3.63) is 29.8 Å². The van der Waals surface area contributed by atoms with Crippen LogP contribution in [0.2, 0.25) is 0 Å². The molecule has 2 N–H and O–H groups in total. The highest BCUT2D eigenvalue weighted by Gasteiger charge is 2.16. The van der Waals surface area contributed by atoms with Crippen molar-refractivity contribution in [1.82, 2.24) is 10.2 Å². The fourth-order valence-electron chi connectivity index (χ4n) is 2.44. The van der Waals surface area contributed by atoms with Crippen LogP contribution in [0.1, 0.15) is 19.3 Å². The number of benzene rings is 1. The number of aliphatic hydroxyl groups is 1. The summed E-state index contributed by atoms with van der Waals surface area (Å²) in [4.78, 5) is 13.5. The summed E-state index contributed by atoms with van der Waals surface area (Å²) < 4.78 is 36.7. The van der Waals surface area contributed by atoms with Crippen molar-refractivity contribution in [3.63, 3.8) is 0 Å². The van der Waals surface area contributed by atoms with Crippen LogP contribution in [0, 0.1) is 11.6 Å². The van der Waals surface area contributed by atoms with Gasteiger partial charge in [-0.25, -0.2) is 13.6 Å². The van der Waals surface area contributed by atoms with Crippen LogP contribution in [-0.2, 0) is 4.74 Å². The summed E-state index contributed by atoms with van der Waals surface area (Å²) in [6, 6.07) is 2.83. The Morgan fingerprint density at radius 2 is 2.08 bits per heavy atom. The van der Waals surface area contributed by atoms with Crippen LogP contribution in [0.5, 0.6) is 5.75 Å². The van der Waals surface area contributed by atoms with Crippen LogP contribution in [0.4, 0.5) is 13.6 Å². The van der Waals surface area contributed by atoms with Gasteiger partial charge in [0.05, 0.1) is 19.3 Å². The van der Waals surface area contributed by atoms with Gasteiger partial charge in [-0.15, -0.1) is 0 Å². The lowest BCUT2D eigenvalue weighted by Crippen LogP contribution is -2.46. The van der Waals surface area contributed by atoms with E-state index in [1.807, 2.05) is 0 Å². The Hall–Kier alpha value is -1.93. The average Bonchev–Trinajstić information content (AvgIpc) is 2.62. The first-order chi connectivity index (χ1) is 12.1. The highest BCUT2D eigenvalue weighted by Crippen LogP contribution is 2.18. The van der Waals surface area contributed by atoms with Crippen molar-refractivity contribution in [2.75, 3.05) is 39.5 Å². The quantitative estimate of drug-likeness (QED) is 0.697. The zero-order valence-corrected chi connectivity index (χ0v) is 14.0. The molecule has 0 aliphatic carbocycles. The largest absolute Gasteiger partial charge is 0.488 e. The lowest BCUT2D eigenvalue weighted by Gasteiger charge is -2.26. The Morgan fingerprint density at radius 1 is 1.32 bits per heavy atom. The third kappa shape index (κ3) is 6.83. The van der Waals surface area contributed by atoms with Crippen molar-refractivity contribution in [3.8, 4) is 5.75 Å². The predicted molar refractivity (Wildman–Crippen MR) is 87.5 cm³/mol. The molecule has 1 saturated heterocycles. The Morgan fingerprint density at radius 3 is 2.84 bits per heavy atom. The normalized spacial score (nSPS) is 15.7. The molecule has 140 valence electrons. The monoisotopic (exact) mass is 358 g/mol. The number of urea groups is 1. The maximum atomic E-state index is 13.4. The first-order valence-corrected chi connectivity index (χ1v) is 8.42. The molecule has 8 heteroatoms. The number of nitrogens with zero attached hydrogens (tertiary/aromatic N) is 1. The van der Waals surface area contributed by atoms with E-state index in [9.17, 15) is 18.7 Å². The van der Waals surface area contributed by atoms with E-state index in [0.717, 1.165) is 18.2 Å². The standard InChI is InChI=1S/C17H24F2N2O4/c18-13-4-5-15(19)16(11-13)25-12-14(22)3-1-2-6-20-17(23)21-7-9-24-10-8-21/h4-5,11,14,22H,1-3,6-10,12H2,(H,20,23)/t14-/m0/s1. The topological polar surface area (TPSA) is 71.0 Å². The van der Waals surface area contributed by atoms with Gasteiger partial charge in [-0.05, 0) is 31.4 Å². The van der Waals surface area contributed by atoms with E-state index >= 15 is 0 Å². The molecule has 2 amide bonds. The molecule has 2 rings (SSSR count). The molecular formula is C17H24F2N2O4. The van der Waals surface area contributed by atoms with E-state index in [4.69, 9.17) is 9.47 Å². The predicted octanol–water partition coefficient (Wildman–Crippen LogP) is 1.92. The smallest absolute Gasteiger partial charge is 0.317 e. The lowest BCUT2D eigenvalue weighted by atomic mass is 10.1. The van der Waals surface area contributed by atoms with Gasteiger partial charge < -0.3 is 24.8 Å². The van der Waals surface area contributed by atoms with Crippen molar-refractivity contribution in [1.29, 1.82) is 0 Å². The number of carbonyl (C=O) groups excluding carboxylic acids is 1. The van der Waals surface area contributed by atoms with E-state index in [-0.39, 0.29) is 18.4 Å². The van der Waals surface area contributed by atoms with Crippen LogP contribution in [0.25, 0.3) is 0 Å². The van der Waals surface area contributed by atoms with Crippen LogP contribution >= 0.6 is 0 Å². The summed E-state index contributed by atoms with van der Waals surface area (Å²) >= 11 is 0. The minimum Gasteiger partial charge on any atom is -0.488 e. The minimum absolute atomic E-state index is 0.103. The van der Waals surface area contributed by atoms with Crippen LogP contribution in [0.15, 0.2) is 18.2 Å². The van der Waals surface area contributed by atoms with E-state index in [2.05, 4.69) is 5.32 Å². The molecule has 1 fully saturated rings. The van der Waals surface area contributed by atoms with Gasteiger partial charge >= 0.3 is 6.03 Å². The number of hydrogen-bond donors (Lipinski definition) is 2. The van der Waals surface area contributed by atoms with Gasteiger partial charge in [0.2, 0.25) is 0 Å². The number of amides is 2. The zero-order chi connectivity index (χ0) is 18.1. The summed E-state index contributed by atoms with van der Waals surface area (Å²) in [6.07, 6.45) is 1.06. The molecule has 6 nitrogen and oxygen atoms in total. The van der Waals surface area contributed by atoms with Crippen LogP contribution in [-0.4, -0.2) is 61.6 Å². The molecule has 1 heterocycles. The Kier molecular flexibility index (Phi) is 7.87. The summed E-state index contributed by atoms with van der Waals surface area (Å²) in [5.74, 6) is -1.47. The molecule has 0 unspecified atom stereocenters. The highest BCUT2D eigenvalue weighted by molar-refractivity contribution is 5.74. The molecule has 1 atom stereocenters. The van der Waals surface area contributed by atoms with Crippen molar-refractivity contribution < 1.29 is 28.2 Å². The third-order valence-electron chi connectivity index (χ3n) is 3.86. The molecule has 0 aromatic heterocycles. The molecular weight excluding hydrogens is 334 g/mol. The van der Waals surface area contributed by atoms with E-state index in [1.165, 1.54) is 0 Å². The van der Waals surface area contributed by atoms with Gasteiger partial charge in [0, 0.05) is 25.7 Å². The fourth-order valence-corrected chi connectivity index (χ4v) is 2.44. The Labute approximate surface area is 145 Å². The average molecular weight is 358 g/mol. The van der Waals surface area contributed by atoms with Gasteiger partial charge in [-0.1, -0.05) is 0 Å². The Balaban J connectivity index is 1.55. The number of rotatable bonds is 8. The van der Waals surface area contributed by atoms with Gasteiger partial charge in [-0.3, -0.25) is 0 Å². The number of halogens is 2. The van der Waals surface area contributed by atoms with Gasteiger partial charge in [-0.2, -0.15) is 0 Å². The van der Waals surface area contributed by atoms with Crippen LogP contribution in [0.3, 0.4) is 0 Å². The van der Waals surface area contributed by atoms with Crippen LogP contribution < -0.4 is 10.1 Å². The number of morpholine rings is 1. The molecule has 0 radical (unpaired) electrons. The van der Waals surface area contributed by atoms with E-state index in [1.54, 1.807) is 4.90 Å². The molecule has 25 heavy (non-hydrogen) atoms. The molecule has 1 aliphatic heterocycles. The summed E-state index contributed by atoms with van der Waals surface area (Å²) in [5, 5.41) is 12.7. The number of unbranched alkanes of at least 4 members (excludes halogenated alkanes) is 1. The number of aliphatic hydroxyl groups excluding tert-OH is 1. The first-order valence-electron chi connectivity index (χ1n) is 8.42. The number of carbonyl (C=O) groups is 1. The summed E-state index contributed by atoms with van der Waals surface area (Å²) in [5.41, 5.74) is 0. The van der Waals surface area contributed by atoms with E-state index in [0.29, 0.717) is 52.1 Å². The van der Waals surface area contributed by atoms with Crippen molar-refractivity contribution in [2.24, 2.45) is 0 Å². The molecule has 0 bridgehead atoms. The minimum atomic E-state index is -0.780. The zero-order valence-electron chi connectivity index (χ0n) is 14.0. The van der Waals surface area contributed by atoms with Gasteiger partial charge in [0.15, 0.2) is 11.6 Å². The van der Waals surface area contributed by atoms with Gasteiger partial charge in [0.25, 0.3) is 0 Å². The lowest BCUT2D eigenvalue weighted by molar-refractivity contribution is 0.0532. The first kappa shape index (κ1) is 19.4. The molecule has 0 spiro atoms. The van der Waals surface area contributed by atoms with Gasteiger partial charge in [0.1, 0.15) is 12.4 Å². The second-order valence-corrected chi connectivity index (χ2v) is 5.87. The highest BCUT2D eigenvalue weighted by atomic mass is 19.1. The van der Waals surface area contributed by atoms with E-state index < -0.39 is 17.7 Å². The maximum Gasteiger partial charge on any atom is 0.317 e. The molecule has 1 aliphatic rings. The summed E-state index contributed by atoms with van der Waals surface area (Å²) in [6.45, 7) is 2.72. The second-order valence-electron chi connectivity index (χ2n) is 5.87. The number of nitrogens with one attached hydrogen (secondary N) is 1. The SMILES string of the molecule is O=C(NCCCC[C@H](O)COc1cc(F)ccc1F)N1CCOCC1. The van der Waals surface area contributed by atoms with Crippen molar-refractivity contribution >= 4 is 6.03 Å². The third-order valence-corrected chi connectivity index (χ3v) is 3.86. The fraction of sp³-hybridized carbons (Fsp3) is 0.588. The molecule has 1 aromatic rings. The summed E-state index contributed by atoms with van der Waals surface area (Å²) in [7, 11) is 0. The maximum absolute atomic E-state index is 13.4. The van der Waals surface area contributed by atoms with Crippen molar-refractivity contribution in [2.45, 2.75) is 25.4 Å². The Bertz CT molecular complexity index is 553.